The molecule has 1 fully saturated rings. The van der Waals surface area contributed by atoms with Crippen LogP contribution in [-0.2, 0) is 6.18 Å². The van der Waals surface area contributed by atoms with Gasteiger partial charge >= 0.3 is 6.18 Å². The van der Waals surface area contributed by atoms with Crippen molar-refractivity contribution < 1.29 is 18.0 Å². The molecule has 0 atom stereocenters. The summed E-state index contributed by atoms with van der Waals surface area (Å²) in [5.41, 5.74) is -1.17. The summed E-state index contributed by atoms with van der Waals surface area (Å²) >= 11 is 0. The lowest BCUT2D eigenvalue weighted by atomic mass is 9.95. The zero-order valence-electron chi connectivity index (χ0n) is 13.1. The summed E-state index contributed by atoms with van der Waals surface area (Å²) in [6.07, 6.45) is 0.131. The molecule has 1 N–H and O–H groups in total. The normalized spacial score (nSPS) is 17.0. The third kappa shape index (κ3) is 3.44. The Bertz CT molecular complexity index is 543. The third-order valence-corrected chi connectivity index (χ3v) is 4.08. The molecular weight excluding hydrogens is 295 g/mol. The lowest BCUT2D eigenvalue weighted by molar-refractivity contribution is -0.141. The molecule has 124 valence electrons. The SMILES string of the molecule is Cc1c(C(=O)NC2CCCCC2)c(C(F)(F)F)nn1C(C)C. The largest absolute Gasteiger partial charge is 0.435 e. The second-order valence-corrected chi connectivity index (χ2v) is 6.15. The molecule has 1 aliphatic carbocycles. The maximum Gasteiger partial charge on any atom is 0.435 e. The molecule has 1 aromatic rings. The number of aromatic nitrogens is 2. The van der Waals surface area contributed by atoms with Crippen LogP contribution in [0.1, 0.15) is 73.7 Å². The fourth-order valence-electron chi connectivity index (χ4n) is 3.00. The standard InChI is InChI=1S/C15H22F3N3O/c1-9(2)21-10(3)12(13(20-21)15(16,17)18)14(22)19-11-7-5-4-6-8-11/h9,11H,4-8H2,1-3H3,(H,19,22). The maximum absolute atomic E-state index is 13.2. The summed E-state index contributed by atoms with van der Waals surface area (Å²) in [6.45, 7) is 4.99. The van der Waals surface area contributed by atoms with E-state index in [0.29, 0.717) is 0 Å². The fraction of sp³-hybridized carbons (Fsp3) is 0.733. The number of alkyl halides is 3. The van der Waals surface area contributed by atoms with E-state index in [9.17, 15) is 18.0 Å². The number of carbonyl (C=O) groups excluding carboxylic acids is 1. The van der Waals surface area contributed by atoms with Gasteiger partial charge in [0.15, 0.2) is 5.69 Å². The van der Waals surface area contributed by atoms with Crippen LogP contribution >= 0.6 is 0 Å². The molecule has 2 rings (SSSR count). The Morgan fingerprint density at radius 3 is 2.36 bits per heavy atom. The monoisotopic (exact) mass is 317 g/mol. The zero-order valence-corrected chi connectivity index (χ0v) is 13.1. The van der Waals surface area contributed by atoms with E-state index in [1.807, 2.05) is 0 Å². The van der Waals surface area contributed by atoms with E-state index < -0.39 is 17.8 Å². The Morgan fingerprint density at radius 1 is 1.27 bits per heavy atom. The molecule has 1 amide bonds. The molecule has 22 heavy (non-hydrogen) atoms. The van der Waals surface area contributed by atoms with Crippen molar-refractivity contribution >= 4 is 5.91 Å². The Kier molecular flexibility index (Phi) is 4.82. The van der Waals surface area contributed by atoms with Gasteiger partial charge in [0.2, 0.25) is 0 Å². The van der Waals surface area contributed by atoms with Crippen molar-refractivity contribution in [3.05, 3.63) is 17.0 Å². The van der Waals surface area contributed by atoms with Gasteiger partial charge in [-0.05, 0) is 33.6 Å². The van der Waals surface area contributed by atoms with Crippen molar-refractivity contribution in [3.63, 3.8) is 0 Å². The molecule has 0 aromatic carbocycles. The highest BCUT2D eigenvalue weighted by Gasteiger charge is 2.41. The Hall–Kier alpha value is -1.53. The van der Waals surface area contributed by atoms with Gasteiger partial charge in [0.05, 0.1) is 5.56 Å². The first-order valence-corrected chi connectivity index (χ1v) is 7.69. The van der Waals surface area contributed by atoms with Crippen LogP contribution in [0.15, 0.2) is 0 Å². The van der Waals surface area contributed by atoms with Crippen molar-refractivity contribution in [1.82, 2.24) is 15.1 Å². The smallest absolute Gasteiger partial charge is 0.349 e. The van der Waals surface area contributed by atoms with Crippen LogP contribution < -0.4 is 5.32 Å². The summed E-state index contributed by atoms with van der Waals surface area (Å²) in [6, 6.07) is -0.276. The van der Waals surface area contributed by atoms with E-state index in [4.69, 9.17) is 0 Å². The fourth-order valence-corrected chi connectivity index (χ4v) is 3.00. The highest BCUT2D eigenvalue weighted by molar-refractivity contribution is 5.96. The molecule has 0 bridgehead atoms. The first-order chi connectivity index (χ1) is 10.2. The van der Waals surface area contributed by atoms with Gasteiger partial charge in [-0.1, -0.05) is 19.3 Å². The minimum atomic E-state index is -4.63. The summed E-state index contributed by atoms with van der Waals surface area (Å²) in [5, 5.41) is 6.37. The van der Waals surface area contributed by atoms with E-state index in [1.165, 1.54) is 11.6 Å². The first-order valence-electron chi connectivity index (χ1n) is 7.69. The molecule has 0 saturated heterocycles. The van der Waals surface area contributed by atoms with Gasteiger partial charge < -0.3 is 5.32 Å². The van der Waals surface area contributed by atoms with Crippen LogP contribution in [0.4, 0.5) is 13.2 Å². The second-order valence-electron chi connectivity index (χ2n) is 6.15. The molecule has 1 saturated carbocycles. The van der Waals surface area contributed by atoms with E-state index >= 15 is 0 Å². The molecule has 0 aliphatic heterocycles. The van der Waals surface area contributed by atoms with Gasteiger partial charge in [0, 0.05) is 17.8 Å². The number of hydrogen-bond donors (Lipinski definition) is 1. The number of halogens is 3. The average Bonchev–Trinajstić information content (AvgIpc) is 2.77. The lowest BCUT2D eigenvalue weighted by Gasteiger charge is -2.23. The molecule has 0 radical (unpaired) electrons. The van der Waals surface area contributed by atoms with Crippen molar-refractivity contribution in [1.29, 1.82) is 0 Å². The van der Waals surface area contributed by atoms with Crippen LogP contribution in [0.3, 0.4) is 0 Å². The van der Waals surface area contributed by atoms with Gasteiger partial charge in [0.1, 0.15) is 0 Å². The predicted molar refractivity (Wildman–Crippen MR) is 76.7 cm³/mol. The molecule has 1 aromatic heterocycles. The van der Waals surface area contributed by atoms with Crippen LogP contribution in [0.25, 0.3) is 0 Å². The van der Waals surface area contributed by atoms with Crippen LogP contribution in [0, 0.1) is 6.92 Å². The van der Waals surface area contributed by atoms with Crippen molar-refractivity contribution in [3.8, 4) is 0 Å². The Labute approximate surface area is 128 Å². The number of nitrogens with one attached hydrogen (secondary N) is 1. The molecular formula is C15H22F3N3O. The van der Waals surface area contributed by atoms with E-state index in [2.05, 4.69) is 10.4 Å². The second kappa shape index (κ2) is 6.30. The number of amides is 1. The number of nitrogens with zero attached hydrogens (tertiary/aromatic N) is 2. The molecule has 4 nitrogen and oxygen atoms in total. The van der Waals surface area contributed by atoms with E-state index in [0.717, 1.165) is 32.1 Å². The topological polar surface area (TPSA) is 46.9 Å². The Morgan fingerprint density at radius 2 is 1.86 bits per heavy atom. The maximum atomic E-state index is 13.2. The van der Waals surface area contributed by atoms with Crippen molar-refractivity contribution in [2.24, 2.45) is 0 Å². The van der Waals surface area contributed by atoms with Crippen LogP contribution in [0.5, 0.6) is 0 Å². The van der Waals surface area contributed by atoms with Gasteiger partial charge in [-0.3, -0.25) is 9.48 Å². The zero-order chi connectivity index (χ0) is 16.5. The molecule has 7 heteroatoms. The summed E-state index contributed by atoms with van der Waals surface area (Å²) in [5.74, 6) is -0.663. The van der Waals surface area contributed by atoms with Crippen LogP contribution in [0.2, 0.25) is 0 Å². The van der Waals surface area contributed by atoms with Gasteiger partial charge in [0.25, 0.3) is 5.91 Å². The number of hydrogen-bond acceptors (Lipinski definition) is 2. The molecule has 1 heterocycles. The van der Waals surface area contributed by atoms with Gasteiger partial charge in [-0.25, -0.2) is 0 Å². The number of rotatable bonds is 3. The summed E-state index contributed by atoms with van der Waals surface area (Å²) < 4.78 is 40.8. The quantitative estimate of drug-likeness (QED) is 0.920. The first kappa shape index (κ1) is 16.8. The number of carbonyl (C=O) groups is 1. The predicted octanol–water partition coefficient (Wildman–Crippen LogP) is 3.85. The Balaban J connectivity index is 2.33. The summed E-state index contributed by atoms with van der Waals surface area (Å²) in [7, 11) is 0. The van der Waals surface area contributed by atoms with Crippen molar-refractivity contribution in [2.45, 2.75) is 71.1 Å². The highest BCUT2D eigenvalue weighted by Crippen LogP contribution is 2.33. The molecule has 0 unspecified atom stereocenters. The minimum Gasteiger partial charge on any atom is -0.349 e. The van der Waals surface area contributed by atoms with Gasteiger partial charge in [-0.2, -0.15) is 18.3 Å². The van der Waals surface area contributed by atoms with Crippen LogP contribution in [-0.4, -0.2) is 21.7 Å². The van der Waals surface area contributed by atoms with E-state index in [-0.39, 0.29) is 23.3 Å². The van der Waals surface area contributed by atoms with E-state index in [1.54, 1.807) is 13.8 Å². The van der Waals surface area contributed by atoms with Gasteiger partial charge in [-0.15, -0.1) is 0 Å². The molecule has 1 aliphatic rings. The average molecular weight is 317 g/mol. The van der Waals surface area contributed by atoms with Crippen molar-refractivity contribution in [2.75, 3.05) is 0 Å². The minimum absolute atomic E-state index is 0.0378. The highest BCUT2D eigenvalue weighted by atomic mass is 19.4. The third-order valence-electron chi connectivity index (χ3n) is 4.08. The molecule has 0 spiro atoms. The summed E-state index contributed by atoms with van der Waals surface area (Å²) in [4.78, 5) is 12.4. The lowest BCUT2D eigenvalue weighted by Crippen LogP contribution is -2.37.